The average Bonchev–Trinajstić information content (AvgIpc) is 2.98. The maximum absolute atomic E-state index is 6.13. The van der Waals surface area contributed by atoms with Crippen LogP contribution in [0.5, 0.6) is 5.88 Å². The molecular formula is C18H26N2O3. The third-order valence-corrected chi connectivity index (χ3v) is 5.51. The molecule has 4 heterocycles. The molecule has 3 fully saturated rings. The Morgan fingerprint density at radius 2 is 2.04 bits per heavy atom. The van der Waals surface area contributed by atoms with Crippen LogP contribution < -0.4 is 4.74 Å². The van der Waals surface area contributed by atoms with Crippen LogP contribution in [0.3, 0.4) is 0 Å². The van der Waals surface area contributed by atoms with Gasteiger partial charge >= 0.3 is 0 Å². The molecule has 0 saturated carbocycles. The van der Waals surface area contributed by atoms with Crippen molar-refractivity contribution >= 4 is 0 Å². The molecule has 0 radical (unpaired) electrons. The highest BCUT2D eigenvalue weighted by molar-refractivity contribution is 5.10. The molecule has 0 aromatic carbocycles. The Bertz CT molecular complexity index is 498. The van der Waals surface area contributed by atoms with Gasteiger partial charge in [0.05, 0.1) is 12.2 Å². The van der Waals surface area contributed by atoms with E-state index in [0.29, 0.717) is 18.4 Å². The number of rotatable bonds is 5. The molecule has 3 aliphatic heterocycles. The van der Waals surface area contributed by atoms with Crippen molar-refractivity contribution < 1.29 is 14.2 Å². The highest BCUT2D eigenvalue weighted by atomic mass is 16.5. The van der Waals surface area contributed by atoms with Crippen LogP contribution in [0.15, 0.2) is 24.4 Å². The molecule has 1 aromatic rings. The Morgan fingerprint density at radius 3 is 2.83 bits per heavy atom. The van der Waals surface area contributed by atoms with Gasteiger partial charge in [0.25, 0.3) is 0 Å². The Kier molecular flexibility index (Phi) is 4.51. The summed E-state index contributed by atoms with van der Waals surface area (Å²) in [6, 6.07) is 5.79. The minimum Gasteiger partial charge on any atom is -0.477 e. The van der Waals surface area contributed by atoms with Crippen LogP contribution in [-0.4, -0.2) is 61.5 Å². The minimum atomic E-state index is 0.0277. The van der Waals surface area contributed by atoms with E-state index in [0.717, 1.165) is 45.2 Å². The highest BCUT2D eigenvalue weighted by Crippen LogP contribution is 2.40. The molecule has 126 valence electrons. The summed E-state index contributed by atoms with van der Waals surface area (Å²) in [5.41, 5.74) is 0.0277. The van der Waals surface area contributed by atoms with Crippen molar-refractivity contribution in [3.05, 3.63) is 24.4 Å². The summed E-state index contributed by atoms with van der Waals surface area (Å²) in [4.78, 5) is 6.79. The van der Waals surface area contributed by atoms with Crippen molar-refractivity contribution in [2.75, 3.05) is 46.1 Å². The van der Waals surface area contributed by atoms with Crippen molar-refractivity contribution in [2.45, 2.75) is 24.9 Å². The van der Waals surface area contributed by atoms with Crippen LogP contribution in [0, 0.1) is 11.8 Å². The molecule has 0 N–H and O–H groups in total. The molecule has 4 rings (SSSR count). The summed E-state index contributed by atoms with van der Waals surface area (Å²) in [6.45, 7) is 6.74. The second kappa shape index (κ2) is 6.75. The van der Waals surface area contributed by atoms with E-state index in [9.17, 15) is 0 Å². The summed E-state index contributed by atoms with van der Waals surface area (Å²) in [6.07, 6.45) is 5.28. The molecule has 5 nitrogen and oxygen atoms in total. The van der Waals surface area contributed by atoms with Gasteiger partial charge < -0.3 is 14.2 Å². The quantitative estimate of drug-likeness (QED) is 0.830. The van der Waals surface area contributed by atoms with Crippen LogP contribution in [0.2, 0.25) is 0 Å². The van der Waals surface area contributed by atoms with Crippen molar-refractivity contribution in [3.8, 4) is 5.88 Å². The van der Waals surface area contributed by atoms with Crippen molar-refractivity contribution in [1.29, 1.82) is 0 Å². The molecule has 3 saturated heterocycles. The van der Waals surface area contributed by atoms with Crippen LogP contribution in [0.25, 0.3) is 0 Å². The summed E-state index contributed by atoms with van der Waals surface area (Å²) in [5, 5.41) is 0. The molecule has 3 aliphatic rings. The van der Waals surface area contributed by atoms with Crippen molar-refractivity contribution in [1.82, 2.24) is 9.88 Å². The molecule has 23 heavy (non-hydrogen) atoms. The second-order valence-electron chi connectivity index (χ2n) is 7.10. The Balaban J connectivity index is 1.27. The van der Waals surface area contributed by atoms with Gasteiger partial charge in [0.2, 0.25) is 5.88 Å². The van der Waals surface area contributed by atoms with E-state index >= 15 is 0 Å². The minimum absolute atomic E-state index is 0.0277. The number of nitrogens with zero attached hydrogens (tertiary/aromatic N) is 2. The monoisotopic (exact) mass is 318 g/mol. The lowest BCUT2D eigenvalue weighted by molar-refractivity contribution is -0.143. The van der Waals surface area contributed by atoms with Crippen LogP contribution in [-0.2, 0) is 9.47 Å². The van der Waals surface area contributed by atoms with Crippen molar-refractivity contribution in [2.24, 2.45) is 11.8 Å². The molecule has 0 aliphatic carbocycles. The largest absolute Gasteiger partial charge is 0.477 e. The molecule has 1 aromatic heterocycles. The summed E-state index contributed by atoms with van der Waals surface area (Å²) in [5.74, 6) is 1.99. The van der Waals surface area contributed by atoms with Gasteiger partial charge in [0, 0.05) is 57.6 Å². The van der Waals surface area contributed by atoms with E-state index < -0.39 is 0 Å². The molecular weight excluding hydrogens is 292 g/mol. The van der Waals surface area contributed by atoms with Crippen LogP contribution >= 0.6 is 0 Å². The molecule has 5 heteroatoms. The first kappa shape index (κ1) is 15.4. The normalized spacial score (nSPS) is 27.9. The Hall–Kier alpha value is -1.17. The summed E-state index contributed by atoms with van der Waals surface area (Å²) in [7, 11) is 0. The third kappa shape index (κ3) is 3.37. The summed E-state index contributed by atoms with van der Waals surface area (Å²) >= 11 is 0. The molecule has 1 atom stereocenters. The maximum atomic E-state index is 6.13. The molecule has 0 amide bonds. The van der Waals surface area contributed by atoms with Crippen molar-refractivity contribution in [3.63, 3.8) is 0 Å². The number of likely N-dealkylation sites (tertiary alicyclic amines) is 1. The molecule has 1 spiro atoms. The molecule has 0 unspecified atom stereocenters. The standard InChI is InChI=1S/C18H26N2O3/c1-2-7-19-17(3-1)22-12-16-6-10-23-18(16)13-20(14-18)11-15-4-8-21-9-5-15/h1-3,7,15-16H,4-6,8-14H2/t16-/m1/s1. The fraction of sp³-hybridized carbons (Fsp3) is 0.722. The predicted octanol–water partition coefficient (Wildman–Crippen LogP) is 1.98. The molecule has 0 bridgehead atoms. The lowest BCUT2D eigenvalue weighted by Gasteiger charge is -2.51. The fourth-order valence-corrected chi connectivity index (χ4v) is 4.12. The summed E-state index contributed by atoms with van der Waals surface area (Å²) < 4.78 is 17.5. The SMILES string of the molecule is c1ccc(OC[C@H]2CCOC23CN(CC2CCOCC2)C3)nc1. The zero-order valence-corrected chi connectivity index (χ0v) is 13.7. The second-order valence-corrected chi connectivity index (χ2v) is 7.10. The zero-order chi connectivity index (χ0) is 15.5. The van der Waals surface area contributed by atoms with Gasteiger partial charge in [0.1, 0.15) is 0 Å². The van der Waals surface area contributed by atoms with Crippen LogP contribution in [0.4, 0.5) is 0 Å². The maximum Gasteiger partial charge on any atom is 0.213 e. The Morgan fingerprint density at radius 1 is 1.17 bits per heavy atom. The number of hydrogen-bond donors (Lipinski definition) is 0. The topological polar surface area (TPSA) is 43.8 Å². The van der Waals surface area contributed by atoms with E-state index in [4.69, 9.17) is 14.2 Å². The van der Waals surface area contributed by atoms with Gasteiger partial charge in [-0.05, 0) is 31.2 Å². The van der Waals surface area contributed by atoms with Gasteiger partial charge in [-0.2, -0.15) is 0 Å². The van der Waals surface area contributed by atoms with E-state index in [-0.39, 0.29) is 5.60 Å². The Labute approximate surface area is 137 Å². The smallest absolute Gasteiger partial charge is 0.213 e. The number of aromatic nitrogens is 1. The van der Waals surface area contributed by atoms with E-state index in [1.807, 2.05) is 18.2 Å². The van der Waals surface area contributed by atoms with Gasteiger partial charge in [-0.15, -0.1) is 0 Å². The third-order valence-electron chi connectivity index (χ3n) is 5.51. The lowest BCUT2D eigenvalue weighted by atomic mass is 9.80. The lowest BCUT2D eigenvalue weighted by Crippen LogP contribution is -2.66. The highest BCUT2D eigenvalue weighted by Gasteiger charge is 2.53. The van der Waals surface area contributed by atoms with E-state index in [1.54, 1.807) is 6.20 Å². The first-order valence-corrected chi connectivity index (χ1v) is 8.82. The van der Waals surface area contributed by atoms with Gasteiger partial charge in [0.15, 0.2) is 0 Å². The zero-order valence-electron chi connectivity index (χ0n) is 13.7. The fourth-order valence-electron chi connectivity index (χ4n) is 4.12. The van der Waals surface area contributed by atoms with Gasteiger partial charge in [-0.25, -0.2) is 4.98 Å². The first-order chi connectivity index (χ1) is 11.3. The first-order valence-electron chi connectivity index (χ1n) is 8.82. The van der Waals surface area contributed by atoms with E-state index in [2.05, 4.69) is 9.88 Å². The van der Waals surface area contributed by atoms with Crippen LogP contribution in [0.1, 0.15) is 19.3 Å². The number of hydrogen-bond acceptors (Lipinski definition) is 5. The number of pyridine rings is 1. The van der Waals surface area contributed by atoms with Gasteiger partial charge in [-0.1, -0.05) is 6.07 Å². The number of ether oxygens (including phenoxy) is 3. The average molecular weight is 318 g/mol. The van der Waals surface area contributed by atoms with Gasteiger partial charge in [-0.3, -0.25) is 4.90 Å². The van der Waals surface area contributed by atoms with E-state index in [1.165, 1.54) is 19.4 Å². The predicted molar refractivity (Wildman–Crippen MR) is 86.5 cm³/mol.